The highest BCUT2D eigenvalue weighted by molar-refractivity contribution is 7.07. The summed E-state index contributed by atoms with van der Waals surface area (Å²) < 4.78 is 10.7. The Morgan fingerprint density at radius 2 is 1.83 bits per heavy atom. The fourth-order valence-electron chi connectivity index (χ4n) is 2.69. The number of hydrogen-bond acceptors (Lipinski definition) is 6. The molecular formula is C22H28N2O5S. The first-order chi connectivity index (χ1) is 14.5. The van der Waals surface area contributed by atoms with Crippen molar-refractivity contribution in [1.29, 1.82) is 0 Å². The molecule has 1 unspecified atom stereocenters. The summed E-state index contributed by atoms with van der Waals surface area (Å²) in [6, 6.07) is 9.59. The molecule has 0 fully saturated rings. The summed E-state index contributed by atoms with van der Waals surface area (Å²) in [6.07, 6.45) is 0.357. The van der Waals surface area contributed by atoms with E-state index in [4.69, 9.17) is 9.47 Å². The molecule has 8 heteroatoms. The molecule has 2 atom stereocenters. The van der Waals surface area contributed by atoms with Crippen molar-refractivity contribution in [2.45, 2.75) is 45.6 Å². The molecule has 0 radical (unpaired) electrons. The third-order valence-electron chi connectivity index (χ3n) is 4.17. The lowest BCUT2D eigenvalue weighted by molar-refractivity contribution is -0.127. The van der Waals surface area contributed by atoms with Gasteiger partial charge < -0.3 is 24.9 Å². The van der Waals surface area contributed by atoms with Crippen LogP contribution in [0.2, 0.25) is 0 Å². The third-order valence-corrected chi connectivity index (χ3v) is 4.90. The first kappa shape index (κ1) is 23.6. The SMILES string of the molecule is CC(C)C[C@H](NC(=O)OCc1ccccc1)C(=O)NC(C=O)COCc1ccsc1. The minimum Gasteiger partial charge on any atom is -0.445 e. The molecule has 0 saturated carbocycles. The van der Waals surface area contributed by atoms with Crippen molar-refractivity contribution in [3.8, 4) is 0 Å². The summed E-state index contributed by atoms with van der Waals surface area (Å²) in [4.78, 5) is 36.2. The summed E-state index contributed by atoms with van der Waals surface area (Å²) in [7, 11) is 0. The van der Waals surface area contributed by atoms with Crippen LogP contribution < -0.4 is 10.6 Å². The Morgan fingerprint density at radius 1 is 1.07 bits per heavy atom. The van der Waals surface area contributed by atoms with E-state index < -0.39 is 24.1 Å². The van der Waals surface area contributed by atoms with Gasteiger partial charge in [-0.2, -0.15) is 11.3 Å². The molecular weight excluding hydrogens is 404 g/mol. The number of nitrogens with one attached hydrogen (secondary N) is 2. The van der Waals surface area contributed by atoms with E-state index in [9.17, 15) is 14.4 Å². The molecule has 2 aromatic rings. The number of carbonyl (C=O) groups excluding carboxylic acids is 3. The Labute approximate surface area is 180 Å². The van der Waals surface area contributed by atoms with Crippen molar-refractivity contribution in [2.75, 3.05) is 6.61 Å². The number of aldehydes is 1. The van der Waals surface area contributed by atoms with Gasteiger partial charge in [-0.05, 0) is 40.3 Å². The Bertz CT molecular complexity index is 780. The van der Waals surface area contributed by atoms with Crippen LogP contribution in [0.4, 0.5) is 4.79 Å². The van der Waals surface area contributed by atoms with Crippen molar-refractivity contribution in [2.24, 2.45) is 5.92 Å². The quantitative estimate of drug-likeness (QED) is 0.502. The monoisotopic (exact) mass is 432 g/mol. The van der Waals surface area contributed by atoms with E-state index in [0.29, 0.717) is 19.3 Å². The standard InChI is InChI=1S/C22H28N2O5S/c1-16(2)10-20(24-22(27)29-13-17-6-4-3-5-7-17)21(26)23-19(11-25)14-28-12-18-8-9-30-15-18/h3-9,11,15-16,19-20H,10,12-14H2,1-2H3,(H,23,26)(H,24,27)/t19?,20-/m0/s1. The summed E-state index contributed by atoms with van der Waals surface area (Å²) in [5.74, 6) is -0.295. The Kier molecular flexibility index (Phi) is 10.0. The molecule has 30 heavy (non-hydrogen) atoms. The third kappa shape index (κ3) is 8.75. The zero-order valence-corrected chi connectivity index (χ0v) is 18.0. The fraction of sp³-hybridized carbons (Fsp3) is 0.409. The number of carbonyl (C=O) groups is 3. The maximum absolute atomic E-state index is 12.7. The van der Waals surface area contributed by atoms with Gasteiger partial charge in [0.25, 0.3) is 0 Å². The lowest BCUT2D eigenvalue weighted by Gasteiger charge is -2.22. The number of hydrogen-bond donors (Lipinski definition) is 2. The average molecular weight is 433 g/mol. The second-order valence-corrected chi connectivity index (χ2v) is 8.07. The van der Waals surface area contributed by atoms with Gasteiger partial charge in [-0.15, -0.1) is 0 Å². The van der Waals surface area contributed by atoms with Gasteiger partial charge >= 0.3 is 6.09 Å². The van der Waals surface area contributed by atoms with Crippen molar-refractivity contribution < 1.29 is 23.9 Å². The molecule has 2 amide bonds. The molecule has 1 aromatic heterocycles. The number of benzene rings is 1. The second-order valence-electron chi connectivity index (χ2n) is 7.29. The number of thiophene rings is 1. The minimum atomic E-state index is -0.812. The predicted octanol–water partition coefficient (Wildman–Crippen LogP) is 3.29. The van der Waals surface area contributed by atoms with E-state index in [1.807, 2.05) is 61.0 Å². The van der Waals surface area contributed by atoms with Gasteiger partial charge in [0.05, 0.1) is 13.2 Å². The van der Waals surface area contributed by atoms with Crippen LogP contribution in [0.15, 0.2) is 47.2 Å². The summed E-state index contributed by atoms with van der Waals surface area (Å²) in [5.41, 5.74) is 1.86. The van der Waals surface area contributed by atoms with Gasteiger partial charge in [0.1, 0.15) is 25.0 Å². The second kappa shape index (κ2) is 12.8. The van der Waals surface area contributed by atoms with Crippen LogP contribution in [0.3, 0.4) is 0 Å². The Morgan fingerprint density at radius 3 is 2.47 bits per heavy atom. The number of alkyl carbamates (subject to hydrolysis) is 1. The zero-order valence-electron chi connectivity index (χ0n) is 17.2. The largest absolute Gasteiger partial charge is 0.445 e. The normalized spacial score (nSPS) is 12.8. The van der Waals surface area contributed by atoms with Crippen LogP contribution in [0.5, 0.6) is 0 Å². The average Bonchev–Trinajstić information content (AvgIpc) is 3.25. The van der Waals surface area contributed by atoms with E-state index >= 15 is 0 Å². The topological polar surface area (TPSA) is 93.7 Å². The minimum absolute atomic E-state index is 0.0535. The molecule has 2 N–H and O–H groups in total. The van der Waals surface area contributed by atoms with Crippen molar-refractivity contribution in [3.05, 3.63) is 58.3 Å². The highest BCUT2D eigenvalue weighted by Crippen LogP contribution is 2.08. The van der Waals surface area contributed by atoms with E-state index in [2.05, 4.69) is 10.6 Å². The lowest BCUT2D eigenvalue weighted by atomic mass is 10.0. The lowest BCUT2D eigenvalue weighted by Crippen LogP contribution is -2.51. The highest BCUT2D eigenvalue weighted by atomic mass is 32.1. The molecule has 2 rings (SSSR count). The van der Waals surface area contributed by atoms with Gasteiger partial charge in [-0.3, -0.25) is 4.79 Å². The molecule has 1 aromatic carbocycles. The van der Waals surface area contributed by atoms with Gasteiger partial charge in [-0.1, -0.05) is 44.2 Å². The Hall–Kier alpha value is -2.71. The summed E-state index contributed by atoms with van der Waals surface area (Å²) in [5, 5.41) is 9.13. The maximum Gasteiger partial charge on any atom is 0.408 e. The highest BCUT2D eigenvalue weighted by Gasteiger charge is 2.25. The van der Waals surface area contributed by atoms with Gasteiger partial charge in [0.15, 0.2) is 0 Å². The van der Waals surface area contributed by atoms with Crippen LogP contribution >= 0.6 is 11.3 Å². The van der Waals surface area contributed by atoms with Crippen LogP contribution in [0, 0.1) is 5.92 Å². The molecule has 1 heterocycles. The molecule has 7 nitrogen and oxygen atoms in total. The maximum atomic E-state index is 12.7. The first-order valence-electron chi connectivity index (χ1n) is 9.79. The molecule has 0 bridgehead atoms. The molecule has 0 aliphatic carbocycles. The molecule has 162 valence electrons. The van der Waals surface area contributed by atoms with E-state index in [-0.39, 0.29) is 19.1 Å². The first-order valence-corrected chi connectivity index (χ1v) is 10.7. The summed E-state index contributed by atoms with van der Waals surface area (Å²) >= 11 is 1.56. The Balaban J connectivity index is 1.84. The smallest absolute Gasteiger partial charge is 0.408 e. The van der Waals surface area contributed by atoms with Crippen LogP contribution in [0.1, 0.15) is 31.4 Å². The zero-order chi connectivity index (χ0) is 21.8. The number of amides is 2. The van der Waals surface area contributed by atoms with Crippen LogP contribution in [-0.2, 0) is 32.3 Å². The molecule has 0 spiro atoms. The molecule has 0 aliphatic rings. The van der Waals surface area contributed by atoms with Crippen molar-refractivity contribution in [1.82, 2.24) is 10.6 Å². The van der Waals surface area contributed by atoms with Crippen LogP contribution in [-0.4, -0.2) is 37.0 Å². The predicted molar refractivity (Wildman–Crippen MR) is 115 cm³/mol. The molecule has 0 aliphatic heterocycles. The van der Waals surface area contributed by atoms with Crippen LogP contribution in [0.25, 0.3) is 0 Å². The van der Waals surface area contributed by atoms with Gasteiger partial charge in [-0.25, -0.2) is 4.79 Å². The number of rotatable bonds is 12. The van der Waals surface area contributed by atoms with E-state index in [0.717, 1.165) is 11.1 Å². The van der Waals surface area contributed by atoms with Crippen molar-refractivity contribution in [3.63, 3.8) is 0 Å². The summed E-state index contributed by atoms with van der Waals surface area (Å²) in [6.45, 7) is 4.41. The number of ether oxygens (including phenoxy) is 2. The molecule has 0 saturated heterocycles. The van der Waals surface area contributed by atoms with Gasteiger partial charge in [0, 0.05) is 0 Å². The fourth-order valence-corrected chi connectivity index (χ4v) is 3.34. The van der Waals surface area contributed by atoms with E-state index in [1.165, 1.54) is 0 Å². The van der Waals surface area contributed by atoms with Crippen molar-refractivity contribution >= 4 is 29.6 Å². The van der Waals surface area contributed by atoms with Gasteiger partial charge in [0.2, 0.25) is 5.91 Å². The van der Waals surface area contributed by atoms with E-state index in [1.54, 1.807) is 11.3 Å².